The Morgan fingerprint density at radius 2 is 1.79 bits per heavy atom. The van der Waals surface area contributed by atoms with E-state index in [1.807, 2.05) is 0 Å². The highest BCUT2D eigenvalue weighted by Crippen LogP contribution is 2.22. The monoisotopic (exact) mass is 373 g/mol. The topological polar surface area (TPSA) is 63.2 Å². The lowest BCUT2D eigenvalue weighted by Gasteiger charge is -2.15. The fourth-order valence-corrected chi connectivity index (χ4v) is 2.90. The van der Waals surface area contributed by atoms with Crippen LogP contribution in [0.1, 0.15) is 28.9 Å². The third-order valence-corrected chi connectivity index (χ3v) is 4.84. The zero-order valence-corrected chi connectivity index (χ0v) is 14.4. The number of carbonyl (C=O) groups is 1. The Morgan fingerprint density at radius 3 is 2.38 bits per heavy atom. The molecule has 128 valence electrons. The van der Waals surface area contributed by atoms with Gasteiger partial charge >= 0.3 is 0 Å². The number of hydrogen-bond acceptors (Lipinski definition) is 3. The zero-order chi connectivity index (χ0) is 18.1. The Bertz CT molecular complexity index is 900. The van der Waals surface area contributed by atoms with E-state index < -0.39 is 33.4 Å². The molecule has 0 unspecified atom stereocenters. The second-order valence-electron chi connectivity index (χ2n) is 5.28. The minimum Gasteiger partial charge on any atom is -0.345 e. The summed E-state index contributed by atoms with van der Waals surface area (Å²) < 4.78 is 49.4. The summed E-state index contributed by atoms with van der Waals surface area (Å²) in [6.45, 7) is 1.58. The molecule has 0 radical (unpaired) electrons. The molecule has 0 aliphatic carbocycles. The van der Waals surface area contributed by atoms with Gasteiger partial charge in [0.1, 0.15) is 0 Å². The molecule has 4 nitrogen and oxygen atoms in total. The van der Waals surface area contributed by atoms with Crippen LogP contribution >= 0.6 is 11.6 Å². The molecule has 2 aromatic rings. The minimum atomic E-state index is -3.50. The van der Waals surface area contributed by atoms with Crippen LogP contribution in [0.4, 0.5) is 8.78 Å². The number of halogens is 3. The highest BCUT2D eigenvalue weighted by molar-refractivity contribution is 7.90. The third kappa shape index (κ3) is 4.10. The summed E-state index contributed by atoms with van der Waals surface area (Å²) in [5, 5.41) is 2.65. The summed E-state index contributed by atoms with van der Waals surface area (Å²) in [5.74, 6) is -2.63. The van der Waals surface area contributed by atoms with Gasteiger partial charge in [-0.15, -0.1) is 0 Å². The van der Waals surface area contributed by atoms with Crippen molar-refractivity contribution in [2.24, 2.45) is 0 Å². The van der Waals surface area contributed by atoms with Crippen molar-refractivity contribution in [2.45, 2.75) is 17.9 Å². The van der Waals surface area contributed by atoms with Crippen LogP contribution in [-0.4, -0.2) is 20.6 Å². The lowest BCUT2D eigenvalue weighted by Crippen LogP contribution is -2.27. The fourth-order valence-electron chi connectivity index (χ4n) is 2.05. The van der Waals surface area contributed by atoms with E-state index >= 15 is 0 Å². The number of nitrogens with one attached hydrogen (secondary N) is 1. The van der Waals surface area contributed by atoms with Gasteiger partial charge in [0, 0.05) is 6.26 Å². The van der Waals surface area contributed by atoms with Crippen LogP contribution in [0.25, 0.3) is 0 Å². The number of hydrogen-bond donors (Lipinski definition) is 1. The molecule has 0 aromatic heterocycles. The summed E-state index contributed by atoms with van der Waals surface area (Å²) in [5.41, 5.74) is 0.340. The van der Waals surface area contributed by atoms with Gasteiger partial charge in [0.15, 0.2) is 21.5 Å². The third-order valence-electron chi connectivity index (χ3n) is 3.40. The molecule has 2 rings (SSSR count). The van der Waals surface area contributed by atoms with Gasteiger partial charge < -0.3 is 5.32 Å². The molecule has 0 heterocycles. The Kier molecular flexibility index (Phi) is 5.25. The highest BCUT2D eigenvalue weighted by atomic mass is 35.5. The highest BCUT2D eigenvalue weighted by Gasteiger charge is 2.18. The molecule has 1 atom stereocenters. The molecule has 1 N–H and O–H groups in total. The van der Waals surface area contributed by atoms with Crippen LogP contribution in [0, 0.1) is 11.6 Å². The van der Waals surface area contributed by atoms with E-state index in [0.717, 1.165) is 18.4 Å². The van der Waals surface area contributed by atoms with E-state index in [4.69, 9.17) is 11.6 Å². The largest absolute Gasteiger partial charge is 0.345 e. The number of carbonyl (C=O) groups excluding carboxylic acids is 1. The van der Waals surface area contributed by atoms with Gasteiger partial charge in [-0.05, 0) is 42.8 Å². The molecule has 0 fully saturated rings. The number of benzene rings is 2. The van der Waals surface area contributed by atoms with Crippen LogP contribution in [0.15, 0.2) is 41.3 Å². The van der Waals surface area contributed by atoms with Crippen molar-refractivity contribution >= 4 is 27.3 Å². The molecular weight excluding hydrogens is 360 g/mol. The molecule has 2 aromatic carbocycles. The molecule has 24 heavy (non-hydrogen) atoms. The average molecular weight is 374 g/mol. The molecular formula is C16H14ClF2NO3S. The first-order valence-corrected chi connectivity index (χ1v) is 9.12. The van der Waals surface area contributed by atoms with Gasteiger partial charge in [-0.3, -0.25) is 4.79 Å². The second kappa shape index (κ2) is 6.86. The van der Waals surface area contributed by atoms with Crippen molar-refractivity contribution in [3.63, 3.8) is 0 Å². The maximum absolute atomic E-state index is 13.3. The van der Waals surface area contributed by atoms with Crippen molar-refractivity contribution in [3.05, 3.63) is 64.2 Å². The zero-order valence-electron chi connectivity index (χ0n) is 12.8. The summed E-state index contributed by atoms with van der Waals surface area (Å²) in [6, 6.07) is 6.44. The van der Waals surface area contributed by atoms with Crippen LogP contribution in [0.2, 0.25) is 5.02 Å². The Morgan fingerprint density at radius 1 is 1.12 bits per heavy atom. The first kappa shape index (κ1) is 18.4. The molecule has 0 bridgehead atoms. The summed E-state index contributed by atoms with van der Waals surface area (Å²) in [7, 11) is -3.50. The van der Waals surface area contributed by atoms with E-state index in [0.29, 0.717) is 5.56 Å². The minimum absolute atomic E-state index is 0.0194. The fraction of sp³-hybridized carbons (Fsp3) is 0.188. The van der Waals surface area contributed by atoms with E-state index in [-0.39, 0.29) is 15.5 Å². The van der Waals surface area contributed by atoms with Gasteiger partial charge in [0.2, 0.25) is 0 Å². The first-order valence-electron chi connectivity index (χ1n) is 6.85. The van der Waals surface area contributed by atoms with Crippen molar-refractivity contribution in [1.29, 1.82) is 0 Å². The SMILES string of the molecule is C[C@H](NC(=O)c1cc(S(C)(=O)=O)ccc1Cl)c1ccc(F)c(F)c1. The maximum Gasteiger partial charge on any atom is 0.253 e. The average Bonchev–Trinajstić information content (AvgIpc) is 2.49. The molecule has 0 saturated carbocycles. The Balaban J connectivity index is 2.27. The normalized spacial score (nSPS) is 12.7. The smallest absolute Gasteiger partial charge is 0.253 e. The van der Waals surface area contributed by atoms with Gasteiger partial charge in [-0.25, -0.2) is 17.2 Å². The lowest BCUT2D eigenvalue weighted by molar-refractivity contribution is 0.0939. The van der Waals surface area contributed by atoms with Gasteiger partial charge in [0.05, 0.1) is 21.5 Å². The summed E-state index contributed by atoms with van der Waals surface area (Å²) in [4.78, 5) is 12.3. The van der Waals surface area contributed by atoms with Crippen LogP contribution in [-0.2, 0) is 9.84 Å². The van der Waals surface area contributed by atoms with E-state index in [1.54, 1.807) is 6.92 Å². The van der Waals surface area contributed by atoms with Crippen molar-refractivity contribution in [1.82, 2.24) is 5.32 Å². The lowest BCUT2D eigenvalue weighted by atomic mass is 10.1. The first-order chi connectivity index (χ1) is 11.1. The van der Waals surface area contributed by atoms with Crippen molar-refractivity contribution in [3.8, 4) is 0 Å². The molecule has 1 amide bonds. The van der Waals surface area contributed by atoms with Crippen molar-refractivity contribution < 1.29 is 22.0 Å². The van der Waals surface area contributed by atoms with Crippen LogP contribution < -0.4 is 5.32 Å². The van der Waals surface area contributed by atoms with Crippen molar-refractivity contribution in [2.75, 3.05) is 6.26 Å². The summed E-state index contributed by atoms with van der Waals surface area (Å²) in [6.07, 6.45) is 1.02. The number of sulfone groups is 1. The van der Waals surface area contributed by atoms with E-state index in [9.17, 15) is 22.0 Å². The Labute approximate surface area is 143 Å². The van der Waals surface area contributed by atoms with E-state index in [1.165, 1.54) is 24.3 Å². The molecule has 0 aliphatic rings. The van der Waals surface area contributed by atoms with Crippen LogP contribution in [0.5, 0.6) is 0 Å². The second-order valence-corrected chi connectivity index (χ2v) is 7.71. The number of amides is 1. The Hall–Kier alpha value is -1.99. The maximum atomic E-state index is 13.3. The predicted octanol–water partition coefficient (Wildman–Crippen LogP) is 3.51. The molecule has 0 spiro atoms. The molecule has 8 heteroatoms. The van der Waals surface area contributed by atoms with Gasteiger partial charge in [-0.2, -0.15) is 0 Å². The molecule has 0 saturated heterocycles. The van der Waals surface area contributed by atoms with Gasteiger partial charge in [0.25, 0.3) is 5.91 Å². The van der Waals surface area contributed by atoms with E-state index in [2.05, 4.69) is 5.32 Å². The standard InChI is InChI=1S/C16H14ClF2NO3S/c1-9(10-3-6-14(18)15(19)7-10)20-16(21)12-8-11(24(2,22)23)4-5-13(12)17/h3-9H,1-2H3,(H,20,21)/t9-/m0/s1. The van der Waals surface area contributed by atoms with Gasteiger partial charge in [-0.1, -0.05) is 17.7 Å². The number of rotatable bonds is 4. The molecule has 0 aliphatic heterocycles. The summed E-state index contributed by atoms with van der Waals surface area (Å²) >= 11 is 5.95. The quantitative estimate of drug-likeness (QED) is 0.892. The van der Waals surface area contributed by atoms with Crippen LogP contribution in [0.3, 0.4) is 0 Å². The predicted molar refractivity (Wildman–Crippen MR) is 86.8 cm³/mol.